The van der Waals surface area contributed by atoms with E-state index >= 15 is 0 Å². The monoisotopic (exact) mass is 203 g/mol. The molecule has 0 aliphatic rings. The summed E-state index contributed by atoms with van der Waals surface area (Å²) in [5, 5.41) is 8.87. The molecule has 0 aliphatic heterocycles. The molecule has 0 saturated carbocycles. The molecule has 0 rings (SSSR count). The summed E-state index contributed by atoms with van der Waals surface area (Å²) < 4.78 is 5.28. The van der Waals surface area contributed by atoms with E-state index < -0.39 is 0 Å². The van der Waals surface area contributed by atoms with Gasteiger partial charge in [0, 0.05) is 26.3 Å². The van der Waals surface area contributed by atoms with Crippen molar-refractivity contribution in [2.24, 2.45) is 0 Å². The zero-order valence-corrected chi connectivity index (χ0v) is 9.67. The fourth-order valence-corrected chi connectivity index (χ4v) is 1.39. The van der Waals surface area contributed by atoms with Crippen LogP contribution >= 0.6 is 0 Å². The molecule has 0 unspecified atom stereocenters. The molecule has 0 aromatic carbocycles. The van der Waals surface area contributed by atoms with Gasteiger partial charge in [0.1, 0.15) is 0 Å². The quantitative estimate of drug-likeness (QED) is 0.546. The van der Waals surface area contributed by atoms with Crippen molar-refractivity contribution in [3.8, 4) is 0 Å². The van der Waals surface area contributed by atoms with Crippen LogP contribution in [0.25, 0.3) is 0 Å². The normalized spacial score (nSPS) is 11.1. The second kappa shape index (κ2) is 11.0. The number of unbranched alkanes of at least 4 members (excludes halogenated alkanes) is 1. The van der Waals surface area contributed by atoms with Gasteiger partial charge in [-0.3, -0.25) is 0 Å². The van der Waals surface area contributed by atoms with E-state index in [1.807, 2.05) is 6.92 Å². The van der Waals surface area contributed by atoms with E-state index in [9.17, 15) is 0 Å². The highest BCUT2D eigenvalue weighted by molar-refractivity contribution is 4.56. The molecule has 0 aliphatic carbocycles. The number of hydrogen-bond acceptors (Lipinski definition) is 3. The van der Waals surface area contributed by atoms with Crippen LogP contribution in [0.1, 0.15) is 33.1 Å². The molecule has 3 heteroatoms. The van der Waals surface area contributed by atoms with Gasteiger partial charge in [0.25, 0.3) is 0 Å². The van der Waals surface area contributed by atoms with E-state index in [0.717, 1.165) is 39.3 Å². The van der Waals surface area contributed by atoms with Crippen molar-refractivity contribution in [2.45, 2.75) is 33.1 Å². The van der Waals surface area contributed by atoms with Crippen molar-refractivity contribution in [2.75, 3.05) is 39.5 Å². The Labute approximate surface area is 88.1 Å². The molecule has 0 atom stereocenters. The van der Waals surface area contributed by atoms with Crippen molar-refractivity contribution in [1.82, 2.24) is 4.90 Å². The first-order chi connectivity index (χ1) is 6.85. The standard InChI is InChI=1S/C11H25NO2/c1-3-5-7-12(9-10-13)8-6-11-14-4-2/h13H,3-11H2,1-2H3. The van der Waals surface area contributed by atoms with Gasteiger partial charge in [-0.2, -0.15) is 0 Å². The number of rotatable bonds is 10. The van der Waals surface area contributed by atoms with Gasteiger partial charge in [0.2, 0.25) is 0 Å². The van der Waals surface area contributed by atoms with E-state index in [2.05, 4.69) is 11.8 Å². The van der Waals surface area contributed by atoms with Crippen LogP contribution < -0.4 is 0 Å². The van der Waals surface area contributed by atoms with Gasteiger partial charge in [-0.05, 0) is 26.3 Å². The van der Waals surface area contributed by atoms with Gasteiger partial charge in [-0.15, -0.1) is 0 Å². The van der Waals surface area contributed by atoms with Crippen LogP contribution in [0.2, 0.25) is 0 Å². The molecule has 14 heavy (non-hydrogen) atoms. The van der Waals surface area contributed by atoms with Crippen LogP contribution in [0.4, 0.5) is 0 Å². The minimum Gasteiger partial charge on any atom is -0.395 e. The molecule has 1 N–H and O–H groups in total. The maximum absolute atomic E-state index is 8.87. The van der Waals surface area contributed by atoms with Crippen LogP contribution in [0, 0.1) is 0 Å². The molecule has 0 saturated heterocycles. The third-order valence-electron chi connectivity index (χ3n) is 2.21. The fraction of sp³-hybridized carbons (Fsp3) is 1.00. The summed E-state index contributed by atoms with van der Waals surface area (Å²) in [6, 6.07) is 0. The molecule has 0 spiro atoms. The Hall–Kier alpha value is -0.120. The van der Waals surface area contributed by atoms with Gasteiger partial charge in [-0.25, -0.2) is 0 Å². The van der Waals surface area contributed by atoms with Gasteiger partial charge < -0.3 is 14.7 Å². The van der Waals surface area contributed by atoms with E-state index in [1.165, 1.54) is 12.8 Å². The van der Waals surface area contributed by atoms with Crippen molar-refractivity contribution < 1.29 is 9.84 Å². The molecule has 0 bridgehead atoms. The van der Waals surface area contributed by atoms with Crippen molar-refractivity contribution in [3.05, 3.63) is 0 Å². The van der Waals surface area contributed by atoms with Crippen LogP contribution in [0.15, 0.2) is 0 Å². The predicted octanol–water partition coefficient (Wildman–Crippen LogP) is 1.51. The zero-order chi connectivity index (χ0) is 10.6. The lowest BCUT2D eigenvalue weighted by atomic mass is 10.3. The third-order valence-corrected chi connectivity index (χ3v) is 2.21. The Morgan fingerprint density at radius 2 is 1.79 bits per heavy atom. The van der Waals surface area contributed by atoms with Gasteiger partial charge >= 0.3 is 0 Å². The van der Waals surface area contributed by atoms with Crippen molar-refractivity contribution in [1.29, 1.82) is 0 Å². The Morgan fingerprint density at radius 1 is 1.07 bits per heavy atom. The summed E-state index contributed by atoms with van der Waals surface area (Å²) in [5.41, 5.74) is 0. The minimum absolute atomic E-state index is 0.262. The molecule has 3 nitrogen and oxygen atoms in total. The highest BCUT2D eigenvalue weighted by Gasteiger charge is 2.02. The van der Waals surface area contributed by atoms with Crippen LogP contribution in [0.3, 0.4) is 0 Å². The fourth-order valence-electron chi connectivity index (χ4n) is 1.39. The number of ether oxygens (including phenoxy) is 1. The van der Waals surface area contributed by atoms with E-state index in [0.29, 0.717) is 0 Å². The highest BCUT2D eigenvalue weighted by Crippen LogP contribution is 1.96. The first-order valence-electron chi connectivity index (χ1n) is 5.76. The zero-order valence-electron chi connectivity index (χ0n) is 9.67. The average molecular weight is 203 g/mol. The molecule has 0 amide bonds. The van der Waals surface area contributed by atoms with Crippen LogP contribution in [-0.4, -0.2) is 49.5 Å². The number of hydrogen-bond donors (Lipinski definition) is 1. The molecule has 0 fully saturated rings. The Morgan fingerprint density at radius 3 is 2.36 bits per heavy atom. The molecular weight excluding hydrogens is 178 g/mol. The van der Waals surface area contributed by atoms with Gasteiger partial charge in [0.15, 0.2) is 0 Å². The van der Waals surface area contributed by atoms with Crippen molar-refractivity contribution in [3.63, 3.8) is 0 Å². The summed E-state index contributed by atoms with van der Waals surface area (Å²) in [6.45, 7) is 9.05. The third kappa shape index (κ3) is 8.48. The largest absolute Gasteiger partial charge is 0.395 e. The summed E-state index contributed by atoms with van der Waals surface area (Å²) in [4.78, 5) is 2.31. The van der Waals surface area contributed by atoms with E-state index in [4.69, 9.17) is 9.84 Å². The Kier molecular flexibility index (Phi) is 10.9. The van der Waals surface area contributed by atoms with Crippen LogP contribution in [-0.2, 0) is 4.74 Å². The van der Waals surface area contributed by atoms with E-state index in [1.54, 1.807) is 0 Å². The average Bonchev–Trinajstić information content (AvgIpc) is 2.20. The topological polar surface area (TPSA) is 32.7 Å². The number of aliphatic hydroxyl groups is 1. The highest BCUT2D eigenvalue weighted by atomic mass is 16.5. The summed E-state index contributed by atoms with van der Waals surface area (Å²) >= 11 is 0. The Bertz CT molecular complexity index is 109. The summed E-state index contributed by atoms with van der Waals surface area (Å²) in [5.74, 6) is 0. The number of nitrogens with zero attached hydrogens (tertiary/aromatic N) is 1. The SMILES string of the molecule is CCCCN(CCO)CCCOCC. The van der Waals surface area contributed by atoms with Crippen molar-refractivity contribution >= 4 is 0 Å². The second-order valence-corrected chi connectivity index (χ2v) is 3.47. The smallest absolute Gasteiger partial charge is 0.0558 e. The first kappa shape index (κ1) is 13.9. The second-order valence-electron chi connectivity index (χ2n) is 3.47. The lowest BCUT2D eigenvalue weighted by Gasteiger charge is -2.20. The van der Waals surface area contributed by atoms with Gasteiger partial charge in [0.05, 0.1) is 6.61 Å². The molecule has 0 radical (unpaired) electrons. The van der Waals surface area contributed by atoms with E-state index in [-0.39, 0.29) is 6.61 Å². The lowest BCUT2D eigenvalue weighted by molar-refractivity contribution is 0.125. The summed E-state index contributed by atoms with van der Waals surface area (Å²) in [7, 11) is 0. The first-order valence-corrected chi connectivity index (χ1v) is 5.76. The maximum Gasteiger partial charge on any atom is 0.0558 e. The molecular formula is C11H25NO2. The summed E-state index contributed by atoms with van der Waals surface area (Å²) in [6.07, 6.45) is 3.50. The number of aliphatic hydroxyl groups excluding tert-OH is 1. The molecule has 0 heterocycles. The molecule has 0 aromatic heterocycles. The lowest BCUT2D eigenvalue weighted by Crippen LogP contribution is -2.29. The molecule has 0 aromatic rings. The Balaban J connectivity index is 3.40. The molecule has 86 valence electrons. The van der Waals surface area contributed by atoms with Gasteiger partial charge in [-0.1, -0.05) is 13.3 Å². The van der Waals surface area contributed by atoms with Crippen LogP contribution in [0.5, 0.6) is 0 Å². The predicted molar refractivity (Wildman–Crippen MR) is 59.5 cm³/mol. The maximum atomic E-state index is 8.87. The minimum atomic E-state index is 0.262.